The van der Waals surface area contributed by atoms with Crippen LogP contribution in [0.3, 0.4) is 0 Å². The van der Waals surface area contributed by atoms with Crippen molar-refractivity contribution in [2.24, 2.45) is 5.92 Å². The second-order valence-electron chi connectivity index (χ2n) is 4.87. The summed E-state index contributed by atoms with van der Waals surface area (Å²) in [7, 11) is 1.21. The summed E-state index contributed by atoms with van der Waals surface area (Å²) in [5.41, 5.74) is 4.86. The van der Waals surface area contributed by atoms with Gasteiger partial charge in [0.1, 0.15) is 5.75 Å². The van der Waals surface area contributed by atoms with Gasteiger partial charge < -0.3 is 9.47 Å². The van der Waals surface area contributed by atoms with Crippen molar-refractivity contribution in [1.82, 2.24) is 16.2 Å². The Balaban J connectivity index is 2.61. The van der Waals surface area contributed by atoms with E-state index in [0.29, 0.717) is 28.3 Å². The van der Waals surface area contributed by atoms with Crippen LogP contribution in [0.4, 0.5) is 4.79 Å². The molecule has 0 heterocycles. The smallest absolute Gasteiger partial charge is 0.425 e. The molecular formula is C14H18BrN3O4S. The highest BCUT2D eigenvalue weighted by molar-refractivity contribution is 9.10. The van der Waals surface area contributed by atoms with Gasteiger partial charge in [-0.05, 0) is 52.3 Å². The highest BCUT2D eigenvalue weighted by Crippen LogP contribution is 2.26. The molecule has 0 bridgehead atoms. The molecule has 0 atom stereocenters. The van der Waals surface area contributed by atoms with E-state index >= 15 is 0 Å². The maximum Gasteiger partial charge on any atom is 0.425 e. The first-order chi connectivity index (χ1) is 10.8. The zero-order valence-electron chi connectivity index (χ0n) is 12.9. The predicted molar refractivity (Wildman–Crippen MR) is 93.2 cm³/mol. The minimum Gasteiger partial charge on any atom is -0.492 e. The first-order valence-corrected chi connectivity index (χ1v) is 7.91. The number of thiocarbonyl (C=S) groups is 1. The van der Waals surface area contributed by atoms with E-state index in [4.69, 9.17) is 17.0 Å². The molecule has 0 aromatic heterocycles. The average Bonchev–Trinajstić information content (AvgIpc) is 2.51. The number of benzene rings is 1. The van der Waals surface area contributed by atoms with E-state index in [1.54, 1.807) is 18.2 Å². The minimum atomic E-state index is -0.726. The Morgan fingerprint density at radius 2 is 2.00 bits per heavy atom. The lowest BCUT2D eigenvalue weighted by atomic mass is 10.2. The quantitative estimate of drug-likeness (QED) is 0.528. The fourth-order valence-corrected chi connectivity index (χ4v) is 2.02. The van der Waals surface area contributed by atoms with Crippen molar-refractivity contribution in [1.29, 1.82) is 0 Å². The molecule has 1 aromatic rings. The molecule has 0 aliphatic heterocycles. The monoisotopic (exact) mass is 403 g/mol. The fraction of sp³-hybridized carbons (Fsp3) is 0.357. The van der Waals surface area contributed by atoms with Crippen molar-refractivity contribution < 1.29 is 19.1 Å². The number of amides is 2. The Kier molecular flexibility index (Phi) is 7.76. The van der Waals surface area contributed by atoms with E-state index in [1.165, 1.54) is 7.11 Å². The van der Waals surface area contributed by atoms with Crippen LogP contribution in [0.2, 0.25) is 0 Å². The van der Waals surface area contributed by atoms with Gasteiger partial charge in [-0.15, -0.1) is 0 Å². The summed E-state index contributed by atoms with van der Waals surface area (Å²) in [6.07, 6.45) is -0.726. The van der Waals surface area contributed by atoms with Crippen LogP contribution in [-0.2, 0) is 4.74 Å². The van der Waals surface area contributed by atoms with E-state index < -0.39 is 12.0 Å². The average molecular weight is 404 g/mol. The van der Waals surface area contributed by atoms with Crippen molar-refractivity contribution in [3.05, 3.63) is 28.2 Å². The molecule has 9 heteroatoms. The van der Waals surface area contributed by atoms with E-state index in [1.807, 2.05) is 13.8 Å². The molecule has 0 spiro atoms. The standard InChI is InChI=1S/C14H18BrN3O4S/c1-8(2)7-22-11-5-4-9(6-10(11)15)12(19)16-13(23)17-18-14(20)21-3/h4-6,8H,7H2,1-3H3,(H,18,20)(H2,16,17,19,23). The molecular weight excluding hydrogens is 386 g/mol. The number of ether oxygens (including phenoxy) is 2. The molecule has 0 saturated carbocycles. The van der Waals surface area contributed by atoms with Crippen LogP contribution in [0.25, 0.3) is 0 Å². The number of methoxy groups -OCH3 is 1. The van der Waals surface area contributed by atoms with Gasteiger partial charge in [0.25, 0.3) is 5.91 Å². The molecule has 1 aromatic carbocycles. The molecule has 0 fully saturated rings. The highest BCUT2D eigenvalue weighted by atomic mass is 79.9. The highest BCUT2D eigenvalue weighted by Gasteiger charge is 2.11. The first-order valence-electron chi connectivity index (χ1n) is 6.71. The van der Waals surface area contributed by atoms with E-state index in [-0.39, 0.29) is 5.11 Å². The van der Waals surface area contributed by atoms with Gasteiger partial charge in [0, 0.05) is 5.56 Å². The molecule has 0 aliphatic carbocycles. The summed E-state index contributed by atoms with van der Waals surface area (Å²) in [5, 5.41) is 2.36. The maximum absolute atomic E-state index is 12.1. The van der Waals surface area contributed by atoms with Crippen LogP contribution in [0, 0.1) is 5.92 Å². The Hall–Kier alpha value is -1.87. The van der Waals surface area contributed by atoms with Gasteiger partial charge in [0.15, 0.2) is 5.11 Å². The number of rotatable bonds is 4. The molecule has 23 heavy (non-hydrogen) atoms. The number of hydrogen-bond acceptors (Lipinski definition) is 5. The van der Waals surface area contributed by atoms with Gasteiger partial charge in [0.2, 0.25) is 0 Å². The number of carbonyl (C=O) groups is 2. The van der Waals surface area contributed by atoms with E-state index in [2.05, 4.69) is 36.8 Å². The summed E-state index contributed by atoms with van der Waals surface area (Å²) in [6, 6.07) is 4.94. The molecule has 0 aliphatic rings. The summed E-state index contributed by atoms with van der Waals surface area (Å²) < 4.78 is 10.6. The zero-order chi connectivity index (χ0) is 17.4. The number of hydrazine groups is 1. The molecule has 2 amide bonds. The van der Waals surface area contributed by atoms with Crippen molar-refractivity contribution >= 4 is 45.3 Å². The Morgan fingerprint density at radius 3 is 2.57 bits per heavy atom. The van der Waals surface area contributed by atoms with Gasteiger partial charge in [-0.25, -0.2) is 10.2 Å². The third-order valence-electron chi connectivity index (χ3n) is 2.46. The second kappa shape index (κ2) is 9.31. The minimum absolute atomic E-state index is 0.0587. The SMILES string of the molecule is COC(=O)NNC(=S)NC(=O)c1ccc(OCC(C)C)c(Br)c1. The third-order valence-corrected chi connectivity index (χ3v) is 3.28. The summed E-state index contributed by atoms with van der Waals surface area (Å²) in [6.45, 7) is 4.68. The number of halogens is 1. The topological polar surface area (TPSA) is 88.7 Å². The van der Waals surface area contributed by atoms with E-state index in [0.717, 1.165) is 0 Å². The summed E-state index contributed by atoms with van der Waals surface area (Å²) >= 11 is 8.24. The van der Waals surface area contributed by atoms with Gasteiger partial charge >= 0.3 is 6.09 Å². The molecule has 1 rings (SSSR count). The van der Waals surface area contributed by atoms with Crippen LogP contribution in [0.15, 0.2) is 22.7 Å². The van der Waals surface area contributed by atoms with Crippen LogP contribution in [0.1, 0.15) is 24.2 Å². The lowest BCUT2D eigenvalue weighted by molar-refractivity contribution is 0.0975. The molecule has 126 valence electrons. The second-order valence-corrected chi connectivity index (χ2v) is 6.14. The maximum atomic E-state index is 12.1. The van der Waals surface area contributed by atoms with Crippen LogP contribution < -0.4 is 20.9 Å². The predicted octanol–water partition coefficient (Wildman–Crippen LogP) is 2.36. The summed E-state index contributed by atoms with van der Waals surface area (Å²) in [5.74, 6) is 0.629. The van der Waals surface area contributed by atoms with Gasteiger partial charge in [-0.1, -0.05) is 13.8 Å². The number of carbonyl (C=O) groups excluding carboxylic acids is 2. The van der Waals surface area contributed by atoms with Crippen molar-refractivity contribution in [3.63, 3.8) is 0 Å². The van der Waals surface area contributed by atoms with Crippen molar-refractivity contribution in [3.8, 4) is 5.75 Å². The van der Waals surface area contributed by atoms with Gasteiger partial charge in [-0.3, -0.25) is 15.5 Å². The van der Waals surface area contributed by atoms with Crippen LogP contribution >= 0.6 is 28.1 Å². The lowest BCUT2D eigenvalue weighted by Gasteiger charge is -2.12. The number of hydrogen-bond donors (Lipinski definition) is 3. The molecule has 0 unspecified atom stereocenters. The summed E-state index contributed by atoms with van der Waals surface area (Å²) in [4.78, 5) is 22.9. The molecule has 7 nitrogen and oxygen atoms in total. The molecule has 3 N–H and O–H groups in total. The van der Waals surface area contributed by atoms with Crippen LogP contribution in [0.5, 0.6) is 5.75 Å². The lowest BCUT2D eigenvalue weighted by Crippen LogP contribution is -2.48. The normalized spacial score (nSPS) is 9.96. The van der Waals surface area contributed by atoms with Crippen molar-refractivity contribution in [2.75, 3.05) is 13.7 Å². The van der Waals surface area contributed by atoms with Crippen LogP contribution in [-0.4, -0.2) is 30.8 Å². The molecule has 0 saturated heterocycles. The van der Waals surface area contributed by atoms with Gasteiger partial charge in [0.05, 0.1) is 18.2 Å². The zero-order valence-corrected chi connectivity index (χ0v) is 15.3. The number of nitrogens with one attached hydrogen (secondary N) is 3. The Labute approximate surface area is 148 Å². The van der Waals surface area contributed by atoms with E-state index in [9.17, 15) is 9.59 Å². The van der Waals surface area contributed by atoms with Crippen molar-refractivity contribution in [2.45, 2.75) is 13.8 Å². The van der Waals surface area contributed by atoms with Gasteiger partial charge in [-0.2, -0.15) is 0 Å². The largest absolute Gasteiger partial charge is 0.492 e. The Morgan fingerprint density at radius 1 is 1.30 bits per heavy atom. The first kappa shape index (κ1) is 19.2. The fourth-order valence-electron chi connectivity index (χ4n) is 1.38. The molecule has 0 radical (unpaired) electrons. The Bertz CT molecular complexity index is 595. The third kappa shape index (κ3) is 6.83.